The van der Waals surface area contributed by atoms with Crippen LogP contribution in [0.5, 0.6) is 0 Å². The third-order valence-corrected chi connectivity index (χ3v) is 2.65. The Morgan fingerprint density at radius 3 is 2.56 bits per heavy atom. The summed E-state index contributed by atoms with van der Waals surface area (Å²) in [4.78, 5) is 3.87. The summed E-state index contributed by atoms with van der Waals surface area (Å²) in [6.45, 7) is 0. The van der Waals surface area contributed by atoms with Gasteiger partial charge in [0, 0.05) is 16.4 Å². The van der Waals surface area contributed by atoms with Gasteiger partial charge in [-0.05, 0) is 30.3 Å². The van der Waals surface area contributed by atoms with Gasteiger partial charge in [-0.2, -0.15) is 0 Å². The van der Waals surface area contributed by atoms with E-state index in [9.17, 15) is 4.39 Å². The van der Waals surface area contributed by atoms with E-state index in [1.54, 1.807) is 0 Å². The number of halogens is 3. The number of hydrogen-bond acceptors (Lipinski definition) is 2. The van der Waals surface area contributed by atoms with Crippen molar-refractivity contribution in [3.63, 3.8) is 0 Å². The van der Waals surface area contributed by atoms with Crippen LogP contribution in [0.25, 0.3) is 0 Å². The second-order valence-corrected chi connectivity index (χ2v) is 4.47. The van der Waals surface area contributed by atoms with Crippen molar-refractivity contribution in [3.05, 3.63) is 51.8 Å². The van der Waals surface area contributed by atoms with Crippen LogP contribution in [0.4, 0.5) is 15.9 Å². The van der Waals surface area contributed by atoms with Gasteiger partial charge < -0.3 is 5.32 Å². The van der Waals surface area contributed by atoms with Crippen LogP contribution in [-0.4, -0.2) is 4.98 Å². The van der Waals surface area contributed by atoms with E-state index in [2.05, 4.69) is 26.2 Å². The minimum atomic E-state index is -0.476. The fourth-order valence-electron chi connectivity index (χ4n) is 1.18. The first-order valence-corrected chi connectivity index (χ1v) is 5.66. The molecule has 2 nitrogen and oxygen atoms in total. The van der Waals surface area contributed by atoms with Crippen LogP contribution in [0.2, 0.25) is 5.02 Å². The largest absolute Gasteiger partial charge is 0.338 e. The summed E-state index contributed by atoms with van der Waals surface area (Å²) in [6, 6.07) is 8.57. The van der Waals surface area contributed by atoms with Gasteiger partial charge in [-0.25, -0.2) is 9.37 Å². The van der Waals surface area contributed by atoms with Crippen molar-refractivity contribution in [2.24, 2.45) is 0 Å². The van der Waals surface area contributed by atoms with Crippen LogP contribution < -0.4 is 5.32 Å². The molecule has 5 heteroatoms. The van der Waals surface area contributed by atoms with Crippen LogP contribution in [0, 0.1) is 5.82 Å². The van der Waals surface area contributed by atoms with Crippen molar-refractivity contribution in [1.82, 2.24) is 4.98 Å². The van der Waals surface area contributed by atoms with E-state index < -0.39 is 5.82 Å². The van der Waals surface area contributed by atoms with E-state index in [1.807, 2.05) is 24.3 Å². The lowest BCUT2D eigenvalue weighted by molar-refractivity contribution is 0.626. The molecule has 82 valence electrons. The summed E-state index contributed by atoms with van der Waals surface area (Å²) < 4.78 is 14.4. The van der Waals surface area contributed by atoms with Gasteiger partial charge >= 0.3 is 0 Å². The second-order valence-electron chi connectivity index (χ2n) is 3.12. The Kier molecular flexibility index (Phi) is 3.41. The molecule has 0 aliphatic carbocycles. The third kappa shape index (κ3) is 2.71. The zero-order valence-corrected chi connectivity index (χ0v) is 10.4. The average molecular weight is 302 g/mol. The number of anilines is 2. The molecule has 0 fully saturated rings. The van der Waals surface area contributed by atoms with Gasteiger partial charge in [0.05, 0.1) is 5.02 Å². The first kappa shape index (κ1) is 11.4. The molecule has 16 heavy (non-hydrogen) atoms. The highest BCUT2D eigenvalue weighted by Gasteiger charge is 2.04. The summed E-state index contributed by atoms with van der Waals surface area (Å²) in [5.74, 6) is -0.317. The third-order valence-electron chi connectivity index (χ3n) is 1.91. The predicted molar refractivity (Wildman–Crippen MR) is 66.6 cm³/mol. The molecule has 2 rings (SSSR count). The van der Waals surface area contributed by atoms with E-state index >= 15 is 0 Å². The molecule has 0 unspecified atom stereocenters. The lowest BCUT2D eigenvalue weighted by atomic mass is 10.3. The highest BCUT2D eigenvalue weighted by Crippen LogP contribution is 2.21. The Hall–Kier alpha value is -1.13. The maximum absolute atomic E-state index is 13.4. The maximum atomic E-state index is 13.4. The highest BCUT2D eigenvalue weighted by molar-refractivity contribution is 9.10. The normalized spacial score (nSPS) is 10.2. The molecule has 0 atom stereocenters. The van der Waals surface area contributed by atoms with Gasteiger partial charge in [0.25, 0.3) is 0 Å². The van der Waals surface area contributed by atoms with Crippen LogP contribution in [0.3, 0.4) is 0 Å². The molecule has 0 bridgehead atoms. The number of pyridine rings is 1. The second kappa shape index (κ2) is 4.80. The minimum absolute atomic E-state index is 0.159. The predicted octanol–water partition coefficient (Wildman–Crippen LogP) is 4.38. The van der Waals surface area contributed by atoms with Gasteiger partial charge in [0.2, 0.25) is 0 Å². The molecule has 1 aromatic heterocycles. The maximum Gasteiger partial charge on any atom is 0.167 e. The molecule has 2 aromatic rings. The van der Waals surface area contributed by atoms with Gasteiger partial charge in [-0.15, -0.1) is 0 Å². The number of hydrogen-bond donors (Lipinski definition) is 1. The fraction of sp³-hybridized carbons (Fsp3) is 0. The van der Waals surface area contributed by atoms with Gasteiger partial charge in [-0.3, -0.25) is 0 Å². The van der Waals surface area contributed by atoms with Crippen LogP contribution in [-0.2, 0) is 0 Å². The Morgan fingerprint density at radius 2 is 1.94 bits per heavy atom. The van der Waals surface area contributed by atoms with Gasteiger partial charge in [0.1, 0.15) is 0 Å². The molecule has 0 aliphatic heterocycles. The molecule has 0 amide bonds. The van der Waals surface area contributed by atoms with Crippen molar-refractivity contribution < 1.29 is 4.39 Å². The first-order valence-electron chi connectivity index (χ1n) is 4.49. The lowest BCUT2D eigenvalue weighted by Crippen LogP contribution is -1.96. The molecule has 1 N–H and O–H groups in total. The standard InChI is InChI=1S/C11H7BrClFN2/c12-7-1-3-9(4-2-7)16-11-10(14)5-8(13)6-15-11/h1-6H,(H,15,16). The van der Waals surface area contributed by atoms with E-state index in [-0.39, 0.29) is 10.8 Å². The summed E-state index contributed by atoms with van der Waals surface area (Å²) in [5.41, 5.74) is 0.761. The van der Waals surface area contributed by atoms with Gasteiger partial charge in [-0.1, -0.05) is 27.5 Å². The zero-order valence-electron chi connectivity index (χ0n) is 8.05. The fourth-order valence-corrected chi connectivity index (χ4v) is 1.59. The van der Waals surface area contributed by atoms with Gasteiger partial charge in [0.15, 0.2) is 11.6 Å². The molecule has 0 saturated heterocycles. The number of aromatic nitrogens is 1. The van der Waals surface area contributed by atoms with Crippen molar-refractivity contribution in [1.29, 1.82) is 0 Å². The number of rotatable bonds is 2. The van der Waals surface area contributed by atoms with Crippen molar-refractivity contribution >= 4 is 39.0 Å². The van der Waals surface area contributed by atoms with E-state index in [0.29, 0.717) is 0 Å². The number of nitrogens with zero attached hydrogens (tertiary/aromatic N) is 1. The molecule has 1 heterocycles. The minimum Gasteiger partial charge on any atom is -0.338 e. The molecular formula is C11H7BrClFN2. The van der Waals surface area contributed by atoms with E-state index in [1.165, 1.54) is 12.3 Å². The molecule has 0 aliphatic rings. The monoisotopic (exact) mass is 300 g/mol. The summed E-state index contributed by atoms with van der Waals surface area (Å²) in [6.07, 6.45) is 1.39. The average Bonchev–Trinajstić information content (AvgIpc) is 2.25. The Morgan fingerprint density at radius 1 is 1.25 bits per heavy atom. The highest BCUT2D eigenvalue weighted by atomic mass is 79.9. The van der Waals surface area contributed by atoms with E-state index in [0.717, 1.165) is 10.2 Å². The van der Waals surface area contributed by atoms with Crippen molar-refractivity contribution in [3.8, 4) is 0 Å². The van der Waals surface area contributed by atoms with Crippen molar-refractivity contribution in [2.75, 3.05) is 5.32 Å². The van der Waals surface area contributed by atoms with Crippen LogP contribution in [0.1, 0.15) is 0 Å². The molecule has 0 saturated carbocycles. The summed E-state index contributed by atoms with van der Waals surface area (Å²) in [5, 5.41) is 3.14. The Labute approximate surface area is 106 Å². The first-order chi connectivity index (χ1) is 7.65. The number of nitrogens with one attached hydrogen (secondary N) is 1. The molecule has 0 spiro atoms. The molecule has 0 radical (unpaired) electrons. The molecular weight excluding hydrogens is 294 g/mol. The Balaban J connectivity index is 2.23. The molecule has 1 aromatic carbocycles. The van der Waals surface area contributed by atoms with Crippen LogP contribution >= 0.6 is 27.5 Å². The summed E-state index contributed by atoms with van der Waals surface area (Å²) in [7, 11) is 0. The quantitative estimate of drug-likeness (QED) is 0.890. The summed E-state index contributed by atoms with van der Waals surface area (Å²) >= 11 is 8.92. The SMILES string of the molecule is Fc1cc(Cl)cnc1Nc1ccc(Br)cc1. The number of benzene rings is 1. The van der Waals surface area contributed by atoms with E-state index in [4.69, 9.17) is 11.6 Å². The Bertz CT molecular complexity index is 502. The topological polar surface area (TPSA) is 24.9 Å². The zero-order chi connectivity index (χ0) is 11.5. The lowest BCUT2D eigenvalue weighted by Gasteiger charge is -2.06. The van der Waals surface area contributed by atoms with Crippen molar-refractivity contribution in [2.45, 2.75) is 0 Å². The van der Waals surface area contributed by atoms with Crippen LogP contribution in [0.15, 0.2) is 41.0 Å². The smallest absolute Gasteiger partial charge is 0.167 e.